The molecule has 2 N–H and O–H groups in total. The van der Waals surface area contributed by atoms with Crippen molar-refractivity contribution in [2.45, 2.75) is 31.4 Å². The van der Waals surface area contributed by atoms with Gasteiger partial charge in [0.15, 0.2) is 0 Å². The summed E-state index contributed by atoms with van der Waals surface area (Å²) in [6, 6.07) is 16.2. The number of fused-ring (bicyclic) bond motifs is 1. The van der Waals surface area contributed by atoms with Gasteiger partial charge < -0.3 is 15.2 Å². The molecule has 1 aromatic heterocycles. The summed E-state index contributed by atoms with van der Waals surface area (Å²) < 4.78 is 0. The molecule has 0 spiro atoms. The van der Waals surface area contributed by atoms with Gasteiger partial charge in [0.25, 0.3) is 0 Å². The van der Waals surface area contributed by atoms with Gasteiger partial charge in [0.05, 0.1) is 22.0 Å². The lowest BCUT2D eigenvalue weighted by atomic mass is 10.1. The third-order valence-electron chi connectivity index (χ3n) is 5.13. The molecule has 2 heterocycles. The van der Waals surface area contributed by atoms with Crippen molar-refractivity contribution in [3.05, 3.63) is 54.4 Å². The SMILES string of the molecule is CC(SCC(=O)Nc1ccc(N2CCCCC2)cc1)c1nc2ccccc2[nH]1. The van der Waals surface area contributed by atoms with Crippen LogP contribution in [-0.2, 0) is 4.79 Å². The fourth-order valence-corrected chi connectivity index (χ4v) is 4.29. The molecule has 2 aromatic carbocycles. The molecule has 0 radical (unpaired) electrons. The smallest absolute Gasteiger partial charge is 0.234 e. The Morgan fingerprint density at radius 3 is 2.64 bits per heavy atom. The van der Waals surface area contributed by atoms with Crippen molar-refractivity contribution >= 4 is 40.1 Å². The molecular formula is C22H26N4OS. The highest BCUT2D eigenvalue weighted by Crippen LogP contribution is 2.28. The number of imidazole rings is 1. The Morgan fingerprint density at radius 2 is 1.89 bits per heavy atom. The van der Waals surface area contributed by atoms with Crippen molar-refractivity contribution in [2.75, 3.05) is 29.1 Å². The fraction of sp³-hybridized carbons (Fsp3) is 0.364. The molecular weight excluding hydrogens is 368 g/mol. The first-order chi connectivity index (χ1) is 13.7. The van der Waals surface area contributed by atoms with E-state index in [9.17, 15) is 4.79 Å². The lowest BCUT2D eigenvalue weighted by Gasteiger charge is -2.28. The van der Waals surface area contributed by atoms with Crippen LogP contribution < -0.4 is 10.2 Å². The number of thioether (sulfide) groups is 1. The quantitative estimate of drug-likeness (QED) is 0.619. The Hall–Kier alpha value is -2.47. The highest BCUT2D eigenvalue weighted by Gasteiger charge is 2.14. The van der Waals surface area contributed by atoms with E-state index in [0.717, 1.165) is 35.6 Å². The van der Waals surface area contributed by atoms with E-state index in [-0.39, 0.29) is 11.2 Å². The molecule has 6 heteroatoms. The van der Waals surface area contributed by atoms with Crippen molar-refractivity contribution in [1.29, 1.82) is 0 Å². The number of nitrogens with one attached hydrogen (secondary N) is 2. The van der Waals surface area contributed by atoms with Gasteiger partial charge in [-0.2, -0.15) is 0 Å². The van der Waals surface area contributed by atoms with Gasteiger partial charge in [0.1, 0.15) is 5.82 Å². The molecule has 1 fully saturated rings. The van der Waals surface area contributed by atoms with Crippen LogP contribution in [0.15, 0.2) is 48.5 Å². The van der Waals surface area contributed by atoms with Crippen LogP contribution in [0, 0.1) is 0 Å². The van der Waals surface area contributed by atoms with E-state index in [0.29, 0.717) is 5.75 Å². The van der Waals surface area contributed by atoms with E-state index in [4.69, 9.17) is 0 Å². The molecule has 1 atom stereocenters. The highest BCUT2D eigenvalue weighted by molar-refractivity contribution is 8.00. The van der Waals surface area contributed by atoms with Crippen LogP contribution in [0.5, 0.6) is 0 Å². The molecule has 1 aliphatic rings. The lowest BCUT2D eigenvalue weighted by Crippen LogP contribution is -2.29. The summed E-state index contributed by atoms with van der Waals surface area (Å²) in [6.45, 7) is 4.33. The number of hydrogen-bond donors (Lipinski definition) is 2. The van der Waals surface area contributed by atoms with Crippen LogP contribution >= 0.6 is 11.8 Å². The zero-order chi connectivity index (χ0) is 19.3. The molecule has 1 unspecified atom stereocenters. The number of aromatic amines is 1. The molecule has 1 saturated heterocycles. The van der Waals surface area contributed by atoms with Crippen LogP contribution in [0.25, 0.3) is 11.0 Å². The molecule has 0 aliphatic carbocycles. The topological polar surface area (TPSA) is 61.0 Å². The molecule has 146 valence electrons. The van der Waals surface area contributed by atoms with Crippen molar-refractivity contribution in [1.82, 2.24) is 9.97 Å². The molecule has 5 nitrogen and oxygen atoms in total. The second-order valence-electron chi connectivity index (χ2n) is 7.24. The summed E-state index contributed by atoms with van der Waals surface area (Å²) in [6.07, 6.45) is 3.85. The molecule has 0 bridgehead atoms. The molecule has 28 heavy (non-hydrogen) atoms. The fourth-order valence-electron chi connectivity index (χ4n) is 3.55. The number of nitrogens with zero attached hydrogens (tertiary/aromatic N) is 2. The van der Waals surface area contributed by atoms with Gasteiger partial charge in [0, 0.05) is 24.5 Å². The number of piperidine rings is 1. The summed E-state index contributed by atoms with van der Waals surface area (Å²) >= 11 is 1.58. The van der Waals surface area contributed by atoms with Crippen molar-refractivity contribution in [3.63, 3.8) is 0 Å². The zero-order valence-electron chi connectivity index (χ0n) is 16.1. The first kappa shape index (κ1) is 18.9. The lowest BCUT2D eigenvalue weighted by molar-refractivity contribution is -0.113. The summed E-state index contributed by atoms with van der Waals surface area (Å²) in [5.41, 5.74) is 4.08. The Balaban J connectivity index is 1.29. The summed E-state index contributed by atoms with van der Waals surface area (Å²) in [4.78, 5) is 22.7. The number of benzene rings is 2. The summed E-state index contributed by atoms with van der Waals surface area (Å²) in [5.74, 6) is 1.31. The highest BCUT2D eigenvalue weighted by atomic mass is 32.2. The van der Waals surface area contributed by atoms with Gasteiger partial charge in [-0.25, -0.2) is 4.98 Å². The van der Waals surface area contributed by atoms with Crippen molar-refractivity contribution in [3.8, 4) is 0 Å². The first-order valence-electron chi connectivity index (χ1n) is 9.90. The van der Waals surface area contributed by atoms with E-state index in [1.165, 1.54) is 24.9 Å². The summed E-state index contributed by atoms with van der Waals surface area (Å²) in [7, 11) is 0. The first-order valence-corrected chi connectivity index (χ1v) is 10.9. The zero-order valence-corrected chi connectivity index (χ0v) is 17.0. The third-order valence-corrected chi connectivity index (χ3v) is 6.28. The normalized spacial score (nSPS) is 15.5. The molecule has 0 saturated carbocycles. The Kier molecular flexibility index (Phi) is 5.86. The number of amides is 1. The Labute approximate surface area is 169 Å². The molecule has 3 aromatic rings. The van der Waals surface area contributed by atoms with E-state index in [2.05, 4.69) is 39.2 Å². The number of hydrogen-bond acceptors (Lipinski definition) is 4. The number of aromatic nitrogens is 2. The molecule has 1 amide bonds. The van der Waals surface area contributed by atoms with E-state index in [1.54, 1.807) is 11.8 Å². The minimum absolute atomic E-state index is 0.0127. The van der Waals surface area contributed by atoms with Crippen molar-refractivity contribution < 1.29 is 4.79 Å². The maximum atomic E-state index is 12.3. The summed E-state index contributed by atoms with van der Waals surface area (Å²) in [5, 5.41) is 3.12. The van der Waals surface area contributed by atoms with Crippen molar-refractivity contribution in [2.24, 2.45) is 0 Å². The number of anilines is 2. The van der Waals surface area contributed by atoms with Gasteiger partial charge in [-0.15, -0.1) is 11.8 Å². The van der Waals surface area contributed by atoms with E-state index in [1.807, 2.05) is 36.4 Å². The predicted molar refractivity (Wildman–Crippen MR) is 118 cm³/mol. The predicted octanol–water partition coefficient (Wildman–Crippen LogP) is 4.99. The van der Waals surface area contributed by atoms with E-state index < -0.39 is 0 Å². The van der Waals surface area contributed by atoms with Crippen LogP contribution in [0.1, 0.15) is 37.3 Å². The number of H-pyrrole nitrogens is 1. The van der Waals surface area contributed by atoms with Crippen LogP contribution in [0.3, 0.4) is 0 Å². The largest absolute Gasteiger partial charge is 0.372 e. The minimum atomic E-state index is 0.0127. The monoisotopic (exact) mass is 394 g/mol. The van der Waals surface area contributed by atoms with Crippen LogP contribution in [0.4, 0.5) is 11.4 Å². The Morgan fingerprint density at radius 1 is 1.14 bits per heavy atom. The van der Waals surface area contributed by atoms with Gasteiger partial charge in [0.2, 0.25) is 5.91 Å². The molecule has 1 aliphatic heterocycles. The maximum absolute atomic E-state index is 12.3. The van der Waals surface area contributed by atoms with Crippen LogP contribution in [-0.4, -0.2) is 34.7 Å². The Bertz CT molecular complexity index is 898. The van der Waals surface area contributed by atoms with Gasteiger partial charge in [-0.1, -0.05) is 12.1 Å². The number of carbonyl (C=O) groups is 1. The number of rotatable bonds is 6. The average Bonchev–Trinajstić information content (AvgIpc) is 3.18. The minimum Gasteiger partial charge on any atom is -0.372 e. The van der Waals surface area contributed by atoms with E-state index >= 15 is 0 Å². The second kappa shape index (κ2) is 8.69. The maximum Gasteiger partial charge on any atom is 0.234 e. The number of carbonyl (C=O) groups excluding carboxylic acids is 1. The van der Waals surface area contributed by atoms with Gasteiger partial charge in [-0.05, 0) is 62.6 Å². The third kappa shape index (κ3) is 4.50. The standard InChI is InChI=1S/C22H26N4OS/c1-16(22-24-19-7-3-4-8-20(19)25-22)28-15-21(27)23-17-9-11-18(12-10-17)26-13-5-2-6-14-26/h3-4,7-12,16H,2,5-6,13-15H2,1H3,(H,23,27)(H,24,25). The average molecular weight is 395 g/mol. The molecule has 4 rings (SSSR count). The van der Waals surface area contributed by atoms with Crippen LogP contribution in [0.2, 0.25) is 0 Å². The second-order valence-corrected chi connectivity index (χ2v) is 8.56. The van der Waals surface area contributed by atoms with Gasteiger partial charge >= 0.3 is 0 Å². The van der Waals surface area contributed by atoms with Gasteiger partial charge in [-0.3, -0.25) is 4.79 Å². The number of para-hydroxylation sites is 2.